The van der Waals surface area contributed by atoms with E-state index in [0.29, 0.717) is 11.3 Å². The standard InChI is InChI=1S/C13H10Br2F2N2/c1-18-12(7-2-3-10(16)11(17)4-7)13-9(15)5-8(14)6-19-13/h2-6,12,18H,1H3. The summed E-state index contributed by atoms with van der Waals surface area (Å²) >= 11 is 6.74. The predicted molar refractivity (Wildman–Crippen MR) is 76.9 cm³/mol. The van der Waals surface area contributed by atoms with Crippen LogP contribution in [0.2, 0.25) is 0 Å². The van der Waals surface area contributed by atoms with Gasteiger partial charge in [-0.2, -0.15) is 0 Å². The number of aromatic nitrogens is 1. The van der Waals surface area contributed by atoms with Crippen molar-refractivity contribution in [3.8, 4) is 0 Å². The lowest BCUT2D eigenvalue weighted by Gasteiger charge is -2.18. The zero-order valence-corrected chi connectivity index (χ0v) is 13.1. The van der Waals surface area contributed by atoms with E-state index in [-0.39, 0.29) is 6.04 Å². The lowest BCUT2D eigenvalue weighted by molar-refractivity contribution is 0.504. The number of benzene rings is 1. The summed E-state index contributed by atoms with van der Waals surface area (Å²) in [6.07, 6.45) is 1.66. The highest BCUT2D eigenvalue weighted by molar-refractivity contribution is 9.11. The molecule has 0 bridgehead atoms. The van der Waals surface area contributed by atoms with Crippen molar-refractivity contribution in [3.05, 3.63) is 62.3 Å². The van der Waals surface area contributed by atoms with Gasteiger partial charge in [-0.05, 0) is 62.7 Å². The molecule has 0 amide bonds. The maximum Gasteiger partial charge on any atom is 0.159 e. The quantitative estimate of drug-likeness (QED) is 0.848. The summed E-state index contributed by atoms with van der Waals surface area (Å²) in [6, 6.07) is 5.36. The van der Waals surface area contributed by atoms with Gasteiger partial charge in [-0.3, -0.25) is 4.98 Å². The zero-order chi connectivity index (χ0) is 14.0. The molecule has 1 atom stereocenters. The fourth-order valence-corrected chi connectivity index (χ4v) is 3.01. The van der Waals surface area contributed by atoms with Crippen molar-refractivity contribution in [1.29, 1.82) is 0 Å². The monoisotopic (exact) mass is 390 g/mol. The Balaban J connectivity index is 2.46. The Morgan fingerprint density at radius 3 is 2.47 bits per heavy atom. The summed E-state index contributed by atoms with van der Waals surface area (Å²) in [7, 11) is 1.74. The van der Waals surface area contributed by atoms with Crippen LogP contribution in [0.4, 0.5) is 8.78 Å². The van der Waals surface area contributed by atoms with Gasteiger partial charge in [-0.25, -0.2) is 8.78 Å². The minimum absolute atomic E-state index is 0.322. The molecule has 0 spiro atoms. The van der Waals surface area contributed by atoms with Crippen LogP contribution in [0.5, 0.6) is 0 Å². The molecule has 100 valence electrons. The van der Waals surface area contributed by atoms with Crippen molar-refractivity contribution in [2.75, 3.05) is 7.05 Å². The number of nitrogens with one attached hydrogen (secondary N) is 1. The minimum Gasteiger partial charge on any atom is -0.308 e. The van der Waals surface area contributed by atoms with Gasteiger partial charge in [0.2, 0.25) is 0 Å². The molecule has 2 nitrogen and oxygen atoms in total. The molecule has 0 aliphatic heterocycles. The molecule has 0 saturated carbocycles. The molecule has 0 aliphatic rings. The van der Waals surface area contributed by atoms with Crippen molar-refractivity contribution >= 4 is 31.9 Å². The lowest BCUT2D eigenvalue weighted by Crippen LogP contribution is -2.19. The van der Waals surface area contributed by atoms with E-state index in [1.54, 1.807) is 13.2 Å². The summed E-state index contributed by atoms with van der Waals surface area (Å²) in [6.45, 7) is 0. The second-order valence-corrected chi connectivity index (χ2v) is 5.69. The molecule has 0 radical (unpaired) electrons. The third-order valence-electron chi connectivity index (χ3n) is 2.68. The number of hydrogen-bond donors (Lipinski definition) is 1. The summed E-state index contributed by atoms with van der Waals surface area (Å²) in [4.78, 5) is 4.31. The maximum absolute atomic E-state index is 13.3. The molecule has 2 rings (SSSR count). The van der Waals surface area contributed by atoms with Crippen LogP contribution in [0.15, 0.2) is 39.4 Å². The molecule has 1 heterocycles. The molecular formula is C13H10Br2F2N2. The van der Waals surface area contributed by atoms with E-state index in [1.165, 1.54) is 12.1 Å². The van der Waals surface area contributed by atoms with Crippen molar-refractivity contribution < 1.29 is 8.78 Å². The molecule has 19 heavy (non-hydrogen) atoms. The molecule has 6 heteroatoms. The Morgan fingerprint density at radius 1 is 1.16 bits per heavy atom. The first-order chi connectivity index (χ1) is 9.02. The van der Waals surface area contributed by atoms with Gasteiger partial charge >= 0.3 is 0 Å². The van der Waals surface area contributed by atoms with Gasteiger partial charge < -0.3 is 5.32 Å². The van der Waals surface area contributed by atoms with Gasteiger partial charge in [0, 0.05) is 15.1 Å². The van der Waals surface area contributed by atoms with Gasteiger partial charge in [0.15, 0.2) is 11.6 Å². The zero-order valence-electron chi connectivity index (χ0n) is 9.92. The second kappa shape index (κ2) is 6.07. The largest absolute Gasteiger partial charge is 0.308 e. The van der Waals surface area contributed by atoms with Crippen LogP contribution in [0.3, 0.4) is 0 Å². The van der Waals surface area contributed by atoms with E-state index >= 15 is 0 Å². The normalized spacial score (nSPS) is 12.5. The molecular weight excluding hydrogens is 382 g/mol. The minimum atomic E-state index is -0.869. The summed E-state index contributed by atoms with van der Waals surface area (Å²) in [5.74, 6) is -1.73. The average Bonchev–Trinajstić information content (AvgIpc) is 2.37. The first kappa shape index (κ1) is 14.6. The predicted octanol–water partition coefficient (Wildman–Crippen LogP) is 4.19. The van der Waals surface area contributed by atoms with Crippen LogP contribution < -0.4 is 5.32 Å². The van der Waals surface area contributed by atoms with Crippen LogP contribution in [-0.4, -0.2) is 12.0 Å². The van der Waals surface area contributed by atoms with E-state index in [2.05, 4.69) is 42.2 Å². The average molecular weight is 392 g/mol. The molecule has 2 aromatic rings. The highest BCUT2D eigenvalue weighted by atomic mass is 79.9. The van der Waals surface area contributed by atoms with Crippen LogP contribution in [0.1, 0.15) is 17.3 Å². The topological polar surface area (TPSA) is 24.9 Å². The molecule has 1 aromatic carbocycles. The van der Waals surface area contributed by atoms with Gasteiger partial charge in [0.1, 0.15) is 0 Å². The number of hydrogen-bond acceptors (Lipinski definition) is 2. The van der Waals surface area contributed by atoms with Crippen molar-refractivity contribution in [2.24, 2.45) is 0 Å². The fraction of sp³-hybridized carbons (Fsp3) is 0.154. The van der Waals surface area contributed by atoms with E-state index in [9.17, 15) is 8.78 Å². The Hall–Kier alpha value is -0.850. The highest BCUT2D eigenvalue weighted by Crippen LogP contribution is 2.29. The number of nitrogens with zero attached hydrogens (tertiary/aromatic N) is 1. The van der Waals surface area contributed by atoms with E-state index in [0.717, 1.165) is 15.0 Å². The first-order valence-corrected chi connectivity index (χ1v) is 7.04. The van der Waals surface area contributed by atoms with Crippen LogP contribution in [0, 0.1) is 11.6 Å². The van der Waals surface area contributed by atoms with Gasteiger partial charge in [0.25, 0.3) is 0 Å². The van der Waals surface area contributed by atoms with Crippen molar-refractivity contribution in [2.45, 2.75) is 6.04 Å². The molecule has 0 saturated heterocycles. The fourth-order valence-electron chi connectivity index (χ4n) is 1.79. The Kier molecular flexibility index (Phi) is 4.65. The molecule has 1 N–H and O–H groups in total. The van der Waals surface area contributed by atoms with Crippen molar-refractivity contribution in [3.63, 3.8) is 0 Å². The Labute approximate surface area is 126 Å². The lowest BCUT2D eigenvalue weighted by atomic mass is 10.0. The summed E-state index contributed by atoms with van der Waals surface area (Å²) in [5, 5.41) is 3.04. The number of pyridine rings is 1. The third kappa shape index (κ3) is 3.19. The Bertz CT molecular complexity index is 605. The van der Waals surface area contributed by atoms with E-state index in [1.807, 2.05) is 6.07 Å². The highest BCUT2D eigenvalue weighted by Gasteiger charge is 2.18. The SMILES string of the molecule is CNC(c1ccc(F)c(F)c1)c1ncc(Br)cc1Br. The number of rotatable bonds is 3. The van der Waals surface area contributed by atoms with Crippen LogP contribution in [-0.2, 0) is 0 Å². The molecule has 0 fully saturated rings. The molecule has 0 aliphatic carbocycles. The smallest absolute Gasteiger partial charge is 0.159 e. The summed E-state index contributed by atoms with van der Waals surface area (Å²) < 4.78 is 27.9. The van der Waals surface area contributed by atoms with Gasteiger partial charge in [-0.15, -0.1) is 0 Å². The maximum atomic E-state index is 13.3. The number of halogens is 4. The van der Waals surface area contributed by atoms with Gasteiger partial charge in [0.05, 0.1) is 11.7 Å². The molecule has 1 aromatic heterocycles. The van der Waals surface area contributed by atoms with Crippen LogP contribution in [0.25, 0.3) is 0 Å². The van der Waals surface area contributed by atoms with Gasteiger partial charge in [-0.1, -0.05) is 6.07 Å². The molecule has 1 unspecified atom stereocenters. The van der Waals surface area contributed by atoms with Crippen LogP contribution >= 0.6 is 31.9 Å². The van der Waals surface area contributed by atoms with E-state index in [4.69, 9.17) is 0 Å². The van der Waals surface area contributed by atoms with Crippen molar-refractivity contribution in [1.82, 2.24) is 10.3 Å². The Morgan fingerprint density at radius 2 is 1.89 bits per heavy atom. The summed E-state index contributed by atoms with van der Waals surface area (Å²) in [5.41, 5.74) is 1.31. The first-order valence-electron chi connectivity index (χ1n) is 5.46. The van der Waals surface area contributed by atoms with E-state index < -0.39 is 11.6 Å². The third-order valence-corrected chi connectivity index (χ3v) is 3.74. The second-order valence-electron chi connectivity index (χ2n) is 3.92.